The number of anilines is 1. The second-order valence-corrected chi connectivity index (χ2v) is 8.10. The van der Waals surface area contributed by atoms with Gasteiger partial charge in [0.25, 0.3) is 5.56 Å². The topological polar surface area (TPSA) is 105 Å². The van der Waals surface area contributed by atoms with E-state index in [1.807, 2.05) is 67.6 Å². The number of aryl methyl sites for hydroxylation is 2. The molecular weight excluding hydrogens is 416 g/mol. The van der Waals surface area contributed by atoms with Gasteiger partial charge in [-0.05, 0) is 37.3 Å². The molecule has 2 aromatic carbocycles. The van der Waals surface area contributed by atoms with Gasteiger partial charge in [-0.25, -0.2) is 9.78 Å². The molecule has 8 heteroatoms. The van der Waals surface area contributed by atoms with Gasteiger partial charge < -0.3 is 5.32 Å². The zero-order chi connectivity index (χ0) is 22.8. The molecule has 0 unspecified atom stereocenters. The Morgan fingerprint density at radius 3 is 2.36 bits per heavy atom. The van der Waals surface area contributed by atoms with E-state index in [9.17, 15) is 9.59 Å². The highest BCUT2D eigenvalue weighted by molar-refractivity contribution is 5.89. The number of aromatic amines is 1. The molecule has 0 radical (unpaired) electrons. The highest BCUT2D eigenvalue weighted by Gasteiger charge is 2.21. The predicted molar refractivity (Wildman–Crippen MR) is 126 cm³/mol. The van der Waals surface area contributed by atoms with E-state index in [2.05, 4.69) is 25.7 Å². The number of benzene rings is 2. The number of urea groups is 1. The van der Waals surface area contributed by atoms with Gasteiger partial charge in [0.05, 0.1) is 17.4 Å². The summed E-state index contributed by atoms with van der Waals surface area (Å²) in [4.78, 5) is 32.9. The lowest BCUT2D eigenvalue weighted by molar-refractivity contribution is 0.250. The molecular formula is C25H24N6O2. The molecule has 0 saturated carbocycles. The first-order valence-electron chi connectivity index (χ1n) is 10.9. The third-order valence-corrected chi connectivity index (χ3v) is 5.74. The maximum atomic E-state index is 13.1. The molecule has 0 atom stereocenters. The van der Waals surface area contributed by atoms with Crippen LogP contribution in [0.15, 0.2) is 71.5 Å². The quantitative estimate of drug-likeness (QED) is 0.440. The van der Waals surface area contributed by atoms with Crippen LogP contribution >= 0.6 is 0 Å². The van der Waals surface area contributed by atoms with Gasteiger partial charge in [0.15, 0.2) is 0 Å². The van der Waals surface area contributed by atoms with Gasteiger partial charge in [0.2, 0.25) is 5.95 Å². The summed E-state index contributed by atoms with van der Waals surface area (Å²) in [7, 11) is 0. The first-order valence-corrected chi connectivity index (χ1v) is 10.9. The van der Waals surface area contributed by atoms with E-state index < -0.39 is 6.03 Å². The van der Waals surface area contributed by atoms with Crippen molar-refractivity contribution in [1.29, 1.82) is 0 Å². The highest BCUT2D eigenvalue weighted by Crippen LogP contribution is 2.23. The minimum absolute atomic E-state index is 0.149. The fraction of sp³-hybridized carbons (Fsp3) is 0.200. The van der Waals surface area contributed by atoms with Gasteiger partial charge in [0.1, 0.15) is 5.82 Å². The summed E-state index contributed by atoms with van der Waals surface area (Å²) >= 11 is 0. The van der Waals surface area contributed by atoms with Gasteiger partial charge in [-0.2, -0.15) is 9.78 Å². The molecule has 0 fully saturated rings. The van der Waals surface area contributed by atoms with Crippen LogP contribution in [-0.4, -0.2) is 25.8 Å². The van der Waals surface area contributed by atoms with Crippen LogP contribution in [0.4, 0.5) is 10.6 Å². The molecule has 33 heavy (non-hydrogen) atoms. The van der Waals surface area contributed by atoms with Crippen LogP contribution in [0, 0.1) is 6.92 Å². The summed E-state index contributed by atoms with van der Waals surface area (Å²) < 4.78 is 1.47. The summed E-state index contributed by atoms with van der Waals surface area (Å²) in [6.45, 7) is 1.82. The first-order chi connectivity index (χ1) is 16.1. The van der Waals surface area contributed by atoms with Crippen molar-refractivity contribution in [1.82, 2.24) is 25.1 Å². The van der Waals surface area contributed by atoms with Gasteiger partial charge >= 0.3 is 6.03 Å². The lowest BCUT2D eigenvalue weighted by Gasteiger charge is -2.20. The van der Waals surface area contributed by atoms with E-state index >= 15 is 0 Å². The van der Waals surface area contributed by atoms with Gasteiger partial charge in [-0.1, -0.05) is 60.7 Å². The lowest BCUT2D eigenvalue weighted by atomic mass is 9.99. The first kappa shape index (κ1) is 20.7. The van der Waals surface area contributed by atoms with E-state index in [-0.39, 0.29) is 11.6 Å². The molecule has 0 spiro atoms. The Labute approximate surface area is 190 Å². The minimum Gasteiger partial charge on any atom is -0.327 e. The van der Waals surface area contributed by atoms with Crippen molar-refractivity contribution in [3.05, 3.63) is 105 Å². The number of rotatable bonds is 5. The molecule has 1 aliphatic rings. The molecule has 166 valence electrons. The Kier molecular flexibility index (Phi) is 5.48. The minimum atomic E-state index is -0.391. The van der Waals surface area contributed by atoms with Crippen LogP contribution in [0.3, 0.4) is 0 Å². The SMILES string of the molecule is Cc1cc(NC(=O)NC(c2ccccc2)c2ccccc2)n(-c2nc3c(c(=O)[nH]2)CCC3)n1. The Morgan fingerprint density at radius 1 is 1.03 bits per heavy atom. The number of carbonyl (C=O) groups excluding carboxylic acids is 1. The van der Waals surface area contributed by atoms with Crippen LogP contribution < -0.4 is 16.2 Å². The van der Waals surface area contributed by atoms with Crippen LogP contribution in [0.1, 0.15) is 40.5 Å². The Balaban J connectivity index is 1.43. The fourth-order valence-corrected chi connectivity index (χ4v) is 4.21. The number of amides is 2. The fourth-order valence-electron chi connectivity index (χ4n) is 4.21. The summed E-state index contributed by atoms with van der Waals surface area (Å²) in [6, 6.07) is 20.6. The molecule has 1 aliphatic carbocycles. The monoisotopic (exact) mass is 440 g/mol. The lowest BCUT2D eigenvalue weighted by Crippen LogP contribution is -2.34. The number of H-pyrrole nitrogens is 1. The second-order valence-electron chi connectivity index (χ2n) is 8.10. The van der Waals surface area contributed by atoms with E-state index in [0.717, 1.165) is 41.6 Å². The number of hydrogen-bond acceptors (Lipinski definition) is 4. The van der Waals surface area contributed by atoms with Crippen LogP contribution in [0.2, 0.25) is 0 Å². The van der Waals surface area contributed by atoms with Crippen LogP contribution in [-0.2, 0) is 12.8 Å². The molecule has 5 rings (SSSR count). The average Bonchev–Trinajstić information content (AvgIpc) is 3.45. The molecule has 0 aliphatic heterocycles. The number of nitrogens with zero attached hydrogens (tertiary/aromatic N) is 3. The van der Waals surface area contributed by atoms with Crippen molar-refractivity contribution in [3.8, 4) is 5.95 Å². The third-order valence-electron chi connectivity index (χ3n) is 5.74. The van der Waals surface area contributed by atoms with Gasteiger partial charge in [-0.3, -0.25) is 15.1 Å². The van der Waals surface area contributed by atoms with Crippen molar-refractivity contribution in [2.24, 2.45) is 0 Å². The van der Waals surface area contributed by atoms with Crippen molar-refractivity contribution < 1.29 is 4.79 Å². The largest absolute Gasteiger partial charge is 0.327 e. The molecule has 4 aromatic rings. The van der Waals surface area contributed by atoms with Gasteiger partial charge in [0, 0.05) is 11.6 Å². The average molecular weight is 441 g/mol. The van der Waals surface area contributed by atoms with Gasteiger partial charge in [-0.15, -0.1) is 0 Å². The number of carbonyl (C=O) groups is 1. The van der Waals surface area contributed by atoms with E-state index in [4.69, 9.17) is 0 Å². The summed E-state index contributed by atoms with van der Waals surface area (Å²) in [5.41, 5.74) is 4.01. The second kappa shape index (κ2) is 8.74. The van der Waals surface area contributed by atoms with Crippen LogP contribution in [0.5, 0.6) is 0 Å². The maximum Gasteiger partial charge on any atom is 0.321 e. The predicted octanol–water partition coefficient (Wildman–Crippen LogP) is 3.66. The standard InChI is InChI=1S/C25H24N6O2/c1-16-15-21(31(30-16)24-26-20-14-8-13-19(20)23(32)29-24)27-25(33)28-22(17-9-4-2-5-10-17)18-11-6-3-7-12-18/h2-7,9-12,15,22H,8,13-14H2,1H3,(H,26,29,32)(H2,27,28,33). The van der Waals surface area contributed by atoms with Crippen molar-refractivity contribution in [3.63, 3.8) is 0 Å². The number of fused-ring (bicyclic) bond motifs is 1. The number of nitrogens with one attached hydrogen (secondary N) is 3. The Bertz CT molecular complexity index is 1310. The molecule has 2 heterocycles. The Morgan fingerprint density at radius 2 is 1.70 bits per heavy atom. The molecule has 2 amide bonds. The van der Waals surface area contributed by atoms with E-state index in [1.165, 1.54) is 4.68 Å². The summed E-state index contributed by atoms with van der Waals surface area (Å²) in [5.74, 6) is 0.720. The van der Waals surface area contributed by atoms with E-state index in [0.29, 0.717) is 17.5 Å². The maximum absolute atomic E-state index is 13.1. The smallest absolute Gasteiger partial charge is 0.321 e. The summed E-state index contributed by atoms with van der Waals surface area (Å²) in [6.07, 6.45) is 2.43. The zero-order valence-corrected chi connectivity index (χ0v) is 18.2. The molecule has 8 nitrogen and oxygen atoms in total. The van der Waals surface area contributed by atoms with Crippen molar-refractivity contribution in [2.75, 3.05) is 5.32 Å². The normalized spacial score (nSPS) is 12.5. The Hall–Kier alpha value is -4.20. The molecule has 2 aromatic heterocycles. The number of hydrogen-bond donors (Lipinski definition) is 3. The van der Waals surface area contributed by atoms with Crippen molar-refractivity contribution >= 4 is 11.8 Å². The summed E-state index contributed by atoms with van der Waals surface area (Å²) in [5, 5.41) is 10.4. The highest BCUT2D eigenvalue weighted by atomic mass is 16.2. The third kappa shape index (κ3) is 4.27. The molecule has 3 N–H and O–H groups in total. The zero-order valence-electron chi connectivity index (χ0n) is 18.2. The van der Waals surface area contributed by atoms with E-state index in [1.54, 1.807) is 6.07 Å². The molecule has 0 saturated heterocycles. The van der Waals surface area contributed by atoms with Crippen LogP contribution in [0.25, 0.3) is 5.95 Å². The van der Waals surface area contributed by atoms with Crippen molar-refractivity contribution in [2.45, 2.75) is 32.2 Å². The molecule has 0 bridgehead atoms. The number of aromatic nitrogens is 4.